The zero-order chi connectivity index (χ0) is 27.2. The number of hydrazone groups is 1. The molecule has 194 valence electrons. The number of aromatic amines is 1. The molecule has 0 spiro atoms. The van der Waals surface area contributed by atoms with Gasteiger partial charge in [0.1, 0.15) is 5.69 Å². The van der Waals surface area contributed by atoms with Crippen LogP contribution in [0.1, 0.15) is 33.3 Å². The maximum absolute atomic E-state index is 13.2. The lowest BCUT2D eigenvalue weighted by molar-refractivity contribution is 0.0728. The first-order valence-corrected chi connectivity index (χ1v) is 12.7. The molecule has 0 radical (unpaired) electrons. The molecule has 1 amide bonds. The summed E-state index contributed by atoms with van der Waals surface area (Å²) in [6.45, 7) is 2.21. The van der Waals surface area contributed by atoms with E-state index in [0.717, 1.165) is 22.0 Å². The van der Waals surface area contributed by atoms with Crippen molar-refractivity contribution in [1.82, 2.24) is 10.4 Å². The van der Waals surface area contributed by atoms with E-state index in [1.54, 1.807) is 48.5 Å². The van der Waals surface area contributed by atoms with Gasteiger partial charge in [-0.25, -0.2) is 10.2 Å². The monoisotopic (exact) mass is 537 g/mol. The van der Waals surface area contributed by atoms with E-state index >= 15 is 0 Å². The third kappa shape index (κ3) is 5.84. The Balaban J connectivity index is 1.36. The fourth-order valence-corrected chi connectivity index (χ4v) is 4.32. The molecule has 4 aromatic carbocycles. The van der Waals surface area contributed by atoms with E-state index in [0.29, 0.717) is 34.2 Å². The van der Waals surface area contributed by atoms with Crippen LogP contribution in [0.5, 0.6) is 11.5 Å². The van der Waals surface area contributed by atoms with Gasteiger partial charge in [-0.3, -0.25) is 4.79 Å². The van der Waals surface area contributed by atoms with Gasteiger partial charge in [-0.15, -0.1) is 0 Å². The molecule has 8 heteroatoms. The molecule has 0 atom stereocenters. The van der Waals surface area contributed by atoms with Gasteiger partial charge < -0.3 is 14.5 Å². The number of H-pyrrole nitrogens is 1. The Morgan fingerprint density at radius 2 is 1.67 bits per heavy atom. The molecule has 7 nitrogen and oxygen atoms in total. The van der Waals surface area contributed by atoms with Gasteiger partial charge in [0.25, 0.3) is 5.91 Å². The average molecular weight is 538 g/mol. The van der Waals surface area contributed by atoms with E-state index < -0.39 is 11.9 Å². The minimum Gasteiger partial charge on any atom is -0.490 e. The molecule has 0 aliphatic carbocycles. The number of halogens is 1. The second kappa shape index (κ2) is 11.7. The Morgan fingerprint density at radius 1 is 0.923 bits per heavy atom. The summed E-state index contributed by atoms with van der Waals surface area (Å²) in [5.41, 5.74) is 6.44. The molecule has 2 N–H and O–H groups in total. The number of rotatable bonds is 8. The summed E-state index contributed by atoms with van der Waals surface area (Å²) in [5, 5.41) is 5.56. The lowest BCUT2D eigenvalue weighted by Gasteiger charge is -2.11. The highest BCUT2D eigenvalue weighted by Crippen LogP contribution is 2.34. The van der Waals surface area contributed by atoms with Gasteiger partial charge in [0, 0.05) is 21.5 Å². The van der Waals surface area contributed by atoms with Crippen LogP contribution in [0.25, 0.3) is 22.0 Å². The SMILES string of the molecule is CCOc1cc(C=NNC(=O)c2[nH]c3ccc(Cl)cc3c2-c2ccccc2)ccc1OC(=O)c1ccccc1. The van der Waals surface area contributed by atoms with Crippen molar-refractivity contribution in [2.45, 2.75) is 6.92 Å². The number of nitrogens with zero attached hydrogens (tertiary/aromatic N) is 1. The highest BCUT2D eigenvalue weighted by Gasteiger charge is 2.19. The first-order valence-electron chi connectivity index (χ1n) is 12.3. The quantitative estimate of drug-likeness (QED) is 0.0977. The highest BCUT2D eigenvalue weighted by atomic mass is 35.5. The van der Waals surface area contributed by atoms with Crippen molar-refractivity contribution in [3.8, 4) is 22.6 Å². The number of nitrogens with one attached hydrogen (secondary N) is 2. The Labute approximate surface area is 230 Å². The van der Waals surface area contributed by atoms with Gasteiger partial charge in [-0.05, 0) is 66.6 Å². The summed E-state index contributed by atoms with van der Waals surface area (Å²) in [4.78, 5) is 28.9. The average Bonchev–Trinajstić information content (AvgIpc) is 3.34. The van der Waals surface area contributed by atoms with Gasteiger partial charge in [0.2, 0.25) is 0 Å². The molecule has 5 aromatic rings. The third-order valence-corrected chi connectivity index (χ3v) is 6.14. The Hall–Kier alpha value is -4.88. The van der Waals surface area contributed by atoms with Crippen molar-refractivity contribution < 1.29 is 19.1 Å². The summed E-state index contributed by atoms with van der Waals surface area (Å²) in [6, 6.07) is 28.8. The summed E-state index contributed by atoms with van der Waals surface area (Å²) in [5.74, 6) is -0.220. The number of ether oxygens (including phenoxy) is 2. The molecule has 0 aliphatic rings. The van der Waals surface area contributed by atoms with Crippen LogP contribution in [0.15, 0.2) is 102 Å². The Bertz CT molecular complexity index is 1660. The number of hydrogen-bond acceptors (Lipinski definition) is 5. The molecular weight excluding hydrogens is 514 g/mol. The largest absolute Gasteiger partial charge is 0.490 e. The Morgan fingerprint density at radius 3 is 2.41 bits per heavy atom. The normalized spacial score (nSPS) is 11.0. The second-order valence-electron chi connectivity index (χ2n) is 8.52. The minimum atomic E-state index is -0.487. The molecule has 0 aliphatic heterocycles. The van der Waals surface area contributed by atoms with Crippen molar-refractivity contribution in [3.63, 3.8) is 0 Å². The van der Waals surface area contributed by atoms with Gasteiger partial charge in [-0.1, -0.05) is 60.1 Å². The van der Waals surface area contributed by atoms with Crippen molar-refractivity contribution >= 4 is 40.6 Å². The van der Waals surface area contributed by atoms with Gasteiger partial charge in [0.05, 0.1) is 18.4 Å². The third-order valence-electron chi connectivity index (χ3n) is 5.91. The lowest BCUT2D eigenvalue weighted by atomic mass is 10.0. The van der Waals surface area contributed by atoms with Crippen LogP contribution in [0.2, 0.25) is 5.02 Å². The number of benzene rings is 4. The molecule has 0 unspecified atom stereocenters. The van der Waals surface area contributed by atoms with Gasteiger partial charge >= 0.3 is 5.97 Å². The number of carbonyl (C=O) groups excluding carboxylic acids is 2. The minimum absolute atomic E-state index is 0.288. The smallest absolute Gasteiger partial charge is 0.343 e. The van der Waals surface area contributed by atoms with E-state index in [2.05, 4.69) is 15.5 Å². The fraction of sp³-hybridized carbons (Fsp3) is 0.0645. The summed E-state index contributed by atoms with van der Waals surface area (Å²) in [6.07, 6.45) is 1.49. The lowest BCUT2D eigenvalue weighted by Crippen LogP contribution is -2.18. The summed E-state index contributed by atoms with van der Waals surface area (Å²) in [7, 11) is 0. The number of hydrogen-bond donors (Lipinski definition) is 2. The van der Waals surface area contributed by atoms with Crippen LogP contribution in [0.3, 0.4) is 0 Å². The van der Waals surface area contributed by atoms with Crippen LogP contribution in [0, 0.1) is 0 Å². The molecule has 1 heterocycles. The summed E-state index contributed by atoms with van der Waals surface area (Å²) < 4.78 is 11.2. The molecule has 0 fully saturated rings. The predicted octanol–water partition coefficient (Wildman–Crippen LogP) is 6.87. The number of fused-ring (bicyclic) bond motifs is 1. The van der Waals surface area contributed by atoms with E-state index in [4.69, 9.17) is 21.1 Å². The van der Waals surface area contributed by atoms with Crippen LogP contribution in [-0.2, 0) is 0 Å². The molecule has 0 bridgehead atoms. The van der Waals surface area contributed by atoms with E-state index in [1.165, 1.54) is 6.21 Å². The first kappa shape index (κ1) is 25.8. The number of carbonyl (C=O) groups is 2. The number of amides is 1. The van der Waals surface area contributed by atoms with Crippen molar-refractivity contribution in [2.75, 3.05) is 6.61 Å². The second-order valence-corrected chi connectivity index (χ2v) is 8.96. The van der Waals surface area contributed by atoms with Gasteiger partial charge in [-0.2, -0.15) is 5.10 Å². The van der Waals surface area contributed by atoms with Crippen molar-refractivity contribution in [2.24, 2.45) is 5.10 Å². The van der Waals surface area contributed by atoms with Crippen molar-refractivity contribution in [1.29, 1.82) is 0 Å². The molecule has 39 heavy (non-hydrogen) atoms. The molecular formula is C31H24ClN3O4. The topological polar surface area (TPSA) is 92.8 Å². The first-order chi connectivity index (χ1) is 19.0. The summed E-state index contributed by atoms with van der Waals surface area (Å²) >= 11 is 6.25. The fourth-order valence-electron chi connectivity index (χ4n) is 4.15. The maximum atomic E-state index is 13.2. The molecule has 1 aromatic heterocycles. The number of aromatic nitrogens is 1. The van der Waals surface area contributed by atoms with Crippen LogP contribution in [-0.4, -0.2) is 29.7 Å². The zero-order valence-corrected chi connectivity index (χ0v) is 21.7. The van der Waals surface area contributed by atoms with Crippen LogP contribution >= 0.6 is 11.6 Å². The number of esters is 1. The van der Waals surface area contributed by atoms with E-state index in [-0.39, 0.29) is 5.75 Å². The van der Waals surface area contributed by atoms with E-state index in [9.17, 15) is 9.59 Å². The van der Waals surface area contributed by atoms with Gasteiger partial charge in [0.15, 0.2) is 11.5 Å². The Kier molecular flexibility index (Phi) is 7.70. The highest BCUT2D eigenvalue weighted by molar-refractivity contribution is 6.31. The van der Waals surface area contributed by atoms with Crippen molar-refractivity contribution in [3.05, 3.63) is 119 Å². The zero-order valence-electron chi connectivity index (χ0n) is 21.0. The molecule has 0 saturated carbocycles. The maximum Gasteiger partial charge on any atom is 0.343 e. The predicted molar refractivity (Wildman–Crippen MR) is 153 cm³/mol. The standard InChI is InChI=1S/C31H24ClN3O4/c1-2-38-27-17-20(13-16-26(27)39-31(37)22-11-7-4-8-12-22)19-33-35-30(36)29-28(21-9-5-3-6-10-21)24-18-23(32)14-15-25(24)34-29/h3-19,34H,2H2,1H3,(H,35,36). The molecule has 5 rings (SSSR count). The van der Waals surface area contributed by atoms with E-state index in [1.807, 2.05) is 55.5 Å². The van der Waals surface area contributed by atoms with Crippen LogP contribution < -0.4 is 14.9 Å². The molecule has 0 saturated heterocycles. The van der Waals surface area contributed by atoms with Crippen LogP contribution in [0.4, 0.5) is 0 Å².